The third-order valence-electron chi connectivity index (χ3n) is 3.98. The predicted molar refractivity (Wildman–Crippen MR) is 85.7 cm³/mol. The van der Waals surface area contributed by atoms with Crippen molar-refractivity contribution >= 4 is 15.9 Å². The summed E-state index contributed by atoms with van der Waals surface area (Å²) in [6, 6.07) is 9.50. The van der Waals surface area contributed by atoms with E-state index in [-0.39, 0.29) is 11.9 Å². The van der Waals surface area contributed by atoms with Crippen LogP contribution in [0.3, 0.4) is 0 Å². The molecular formula is C15H23N3O3S. The molecule has 1 amide bonds. The van der Waals surface area contributed by atoms with Crippen molar-refractivity contribution in [2.24, 2.45) is 0 Å². The normalized spacial score (nSPS) is 18.8. The Morgan fingerprint density at radius 1 is 1.18 bits per heavy atom. The van der Waals surface area contributed by atoms with Crippen LogP contribution in [0.2, 0.25) is 0 Å². The molecule has 1 heterocycles. The Labute approximate surface area is 132 Å². The highest BCUT2D eigenvalue weighted by atomic mass is 32.2. The van der Waals surface area contributed by atoms with E-state index >= 15 is 0 Å². The number of benzene rings is 1. The zero-order valence-electron chi connectivity index (χ0n) is 13.0. The molecule has 0 bridgehead atoms. The van der Waals surface area contributed by atoms with Crippen LogP contribution in [0, 0.1) is 0 Å². The zero-order chi connectivity index (χ0) is 16.2. The maximum Gasteiger partial charge on any atom is 0.237 e. The highest BCUT2D eigenvalue weighted by Gasteiger charge is 2.28. The van der Waals surface area contributed by atoms with Crippen molar-refractivity contribution in [3.63, 3.8) is 0 Å². The van der Waals surface area contributed by atoms with Crippen LogP contribution in [-0.4, -0.2) is 62.0 Å². The molecule has 6 nitrogen and oxygen atoms in total. The van der Waals surface area contributed by atoms with E-state index in [0.717, 1.165) is 5.56 Å². The monoisotopic (exact) mass is 325 g/mol. The van der Waals surface area contributed by atoms with E-state index in [1.807, 2.05) is 42.2 Å². The fraction of sp³-hybridized carbons (Fsp3) is 0.533. The Bertz CT molecular complexity index is 596. The van der Waals surface area contributed by atoms with Gasteiger partial charge in [-0.25, -0.2) is 8.42 Å². The van der Waals surface area contributed by atoms with Gasteiger partial charge in [-0.05, 0) is 12.5 Å². The molecule has 2 rings (SSSR count). The molecule has 0 aliphatic carbocycles. The van der Waals surface area contributed by atoms with Gasteiger partial charge in [0.05, 0.1) is 12.3 Å². The molecule has 0 saturated carbocycles. The molecule has 1 N–H and O–H groups in total. The Morgan fingerprint density at radius 2 is 1.77 bits per heavy atom. The summed E-state index contributed by atoms with van der Waals surface area (Å²) in [7, 11) is -3.14. The highest BCUT2D eigenvalue weighted by molar-refractivity contribution is 7.88. The Hall–Kier alpha value is -1.44. The number of hydrogen-bond acceptors (Lipinski definition) is 4. The van der Waals surface area contributed by atoms with Gasteiger partial charge < -0.3 is 5.32 Å². The lowest BCUT2D eigenvalue weighted by Crippen LogP contribution is -2.54. The van der Waals surface area contributed by atoms with Crippen LogP contribution < -0.4 is 5.32 Å². The van der Waals surface area contributed by atoms with E-state index in [9.17, 15) is 13.2 Å². The molecule has 1 unspecified atom stereocenters. The summed E-state index contributed by atoms with van der Waals surface area (Å²) in [4.78, 5) is 14.2. The predicted octanol–water partition coefficient (Wildman–Crippen LogP) is 0.269. The van der Waals surface area contributed by atoms with Gasteiger partial charge in [-0.3, -0.25) is 9.69 Å². The minimum atomic E-state index is -3.14. The Morgan fingerprint density at radius 3 is 2.32 bits per heavy atom. The van der Waals surface area contributed by atoms with Crippen molar-refractivity contribution in [2.75, 3.05) is 32.4 Å². The summed E-state index contributed by atoms with van der Waals surface area (Å²) in [5.41, 5.74) is 1.06. The molecule has 1 aromatic carbocycles. The third-order valence-corrected chi connectivity index (χ3v) is 5.28. The zero-order valence-corrected chi connectivity index (χ0v) is 13.8. The molecule has 7 heteroatoms. The largest absolute Gasteiger partial charge is 0.351 e. The SMILES string of the molecule is CC(C(=O)NCc1ccccc1)N1CCN(S(C)(=O)=O)CC1. The smallest absolute Gasteiger partial charge is 0.237 e. The van der Waals surface area contributed by atoms with Gasteiger partial charge in [0.15, 0.2) is 0 Å². The fourth-order valence-electron chi connectivity index (χ4n) is 2.52. The number of amides is 1. The fourth-order valence-corrected chi connectivity index (χ4v) is 3.35. The number of rotatable bonds is 5. The van der Waals surface area contributed by atoms with E-state index in [2.05, 4.69) is 5.32 Å². The second kappa shape index (κ2) is 7.21. The molecule has 1 aromatic rings. The number of carbonyl (C=O) groups is 1. The van der Waals surface area contributed by atoms with Gasteiger partial charge in [0.2, 0.25) is 15.9 Å². The average molecular weight is 325 g/mol. The van der Waals surface area contributed by atoms with Crippen LogP contribution in [0.1, 0.15) is 12.5 Å². The first-order valence-electron chi connectivity index (χ1n) is 7.39. The summed E-state index contributed by atoms with van der Waals surface area (Å²) in [6.07, 6.45) is 1.22. The summed E-state index contributed by atoms with van der Waals surface area (Å²) in [6.45, 7) is 4.40. The first kappa shape index (κ1) is 16.9. The van der Waals surface area contributed by atoms with Gasteiger partial charge in [0.1, 0.15) is 0 Å². The third kappa shape index (κ3) is 4.53. The van der Waals surface area contributed by atoms with E-state index in [0.29, 0.717) is 32.7 Å². The summed E-state index contributed by atoms with van der Waals surface area (Å²) in [5, 5.41) is 2.93. The van der Waals surface area contributed by atoms with Gasteiger partial charge in [0, 0.05) is 32.7 Å². The number of hydrogen-bond donors (Lipinski definition) is 1. The lowest BCUT2D eigenvalue weighted by Gasteiger charge is -2.36. The van der Waals surface area contributed by atoms with Crippen LogP contribution in [0.5, 0.6) is 0 Å². The van der Waals surface area contributed by atoms with E-state index in [1.54, 1.807) is 0 Å². The summed E-state index contributed by atoms with van der Waals surface area (Å²) < 4.78 is 24.4. The maximum absolute atomic E-state index is 12.2. The molecule has 22 heavy (non-hydrogen) atoms. The second-order valence-electron chi connectivity index (χ2n) is 5.58. The van der Waals surface area contributed by atoms with Gasteiger partial charge in [-0.2, -0.15) is 4.31 Å². The standard InChI is InChI=1S/C15H23N3O3S/c1-13(15(19)16-12-14-6-4-3-5-7-14)17-8-10-18(11-9-17)22(2,20)21/h3-7,13H,8-12H2,1-2H3,(H,16,19). The Balaban J connectivity index is 1.82. The Kier molecular flexibility index (Phi) is 5.55. The second-order valence-corrected chi connectivity index (χ2v) is 7.56. The molecular weight excluding hydrogens is 302 g/mol. The van der Waals surface area contributed by atoms with Crippen LogP contribution in [0.4, 0.5) is 0 Å². The number of carbonyl (C=O) groups excluding carboxylic acids is 1. The van der Waals surface area contributed by atoms with Crippen molar-refractivity contribution in [1.82, 2.24) is 14.5 Å². The lowest BCUT2D eigenvalue weighted by atomic mass is 10.2. The molecule has 0 radical (unpaired) electrons. The van der Waals surface area contributed by atoms with Gasteiger partial charge >= 0.3 is 0 Å². The quantitative estimate of drug-likeness (QED) is 0.844. The molecule has 0 aromatic heterocycles. The summed E-state index contributed by atoms with van der Waals surface area (Å²) >= 11 is 0. The number of nitrogens with zero attached hydrogens (tertiary/aromatic N) is 2. The minimum absolute atomic E-state index is 0.0309. The van der Waals surface area contributed by atoms with Crippen molar-refractivity contribution in [1.29, 1.82) is 0 Å². The molecule has 122 valence electrons. The highest BCUT2D eigenvalue weighted by Crippen LogP contribution is 2.09. The van der Waals surface area contributed by atoms with E-state index in [4.69, 9.17) is 0 Å². The van der Waals surface area contributed by atoms with Crippen LogP contribution >= 0.6 is 0 Å². The van der Waals surface area contributed by atoms with Crippen molar-refractivity contribution in [3.05, 3.63) is 35.9 Å². The number of nitrogens with one attached hydrogen (secondary N) is 1. The molecule has 1 aliphatic heterocycles. The van der Waals surface area contributed by atoms with E-state index < -0.39 is 10.0 Å². The molecule has 1 atom stereocenters. The molecule has 1 fully saturated rings. The van der Waals surface area contributed by atoms with Crippen molar-refractivity contribution in [2.45, 2.75) is 19.5 Å². The molecule has 1 saturated heterocycles. The van der Waals surface area contributed by atoms with Crippen molar-refractivity contribution < 1.29 is 13.2 Å². The summed E-state index contributed by atoms with van der Waals surface area (Å²) in [5.74, 6) is -0.0309. The first-order chi connectivity index (χ1) is 10.4. The maximum atomic E-state index is 12.2. The number of sulfonamides is 1. The van der Waals surface area contributed by atoms with Crippen LogP contribution in [-0.2, 0) is 21.4 Å². The van der Waals surface area contributed by atoms with Crippen LogP contribution in [0.15, 0.2) is 30.3 Å². The minimum Gasteiger partial charge on any atom is -0.351 e. The van der Waals surface area contributed by atoms with Gasteiger partial charge in [0.25, 0.3) is 0 Å². The van der Waals surface area contributed by atoms with E-state index in [1.165, 1.54) is 10.6 Å². The van der Waals surface area contributed by atoms with Gasteiger partial charge in [-0.1, -0.05) is 30.3 Å². The molecule has 0 spiro atoms. The topological polar surface area (TPSA) is 69.7 Å². The lowest BCUT2D eigenvalue weighted by molar-refractivity contribution is -0.126. The number of piperazine rings is 1. The van der Waals surface area contributed by atoms with Gasteiger partial charge in [-0.15, -0.1) is 0 Å². The molecule has 1 aliphatic rings. The van der Waals surface area contributed by atoms with Crippen molar-refractivity contribution in [3.8, 4) is 0 Å². The average Bonchev–Trinajstić information content (AvgIpc) is 2.52. The first-order valence-corrected chi connectivity index (χ1v) is 9.23. The van der Waals surface area contributed by atoms with Crippen LogP contribution in [0.25, 0.3) is 0 Å².